The molecule has 0 radical (unpaired) electrons. The second kappa shape index (κ2) is 4.31. The maximum absolute atomic E-state index is 12.6. The summed E-state index contributed by atoms with van der Waals surface area (Å²) >= 11 is 0. The minimum Gasteiger partial charge on any atom is -0.396 e. The number of hydrogen-bond donors (Lipinski definition) is 2. The van der Waals surface area contributed by atoms with Crippen molar-refractivity contribution in [1.82, 2.24) is 4.98 Å². The molecule has 2 rings (SSSR count). The lowest BCUT2D eigenvalue weighted by Crippen LogP contribution is -2.35. The zero-order chi connectivity index (χ0) is 13.4. The molecular formula is C11H14F3N3O. The van der Waals surface area contributed by atoms with Crippen molar-refractivity contribution in [3.63, 3.8) is 0 Å². The van der Waals surface area contributed by atoms with E-state index in [4.69, 9.17) is 10.5 Å². The van der Waals surface area contributed by atoms with Crippen LogP contribution in [0.2, 0.25) is 0 Å². The molecule has 7 heteroatoms. The molecule has 18 heavy (non-hydrogen) atoms. The molecule has 1 saturated heterocycles. The van der Waals surface area contributed by atoms with Crippen molar-refractivity contribution in [3.05, 3.63) is 17.8 Å². The number of anilines is 2. The van der Waals surface area contributed by atoms with Gasteiger partial charge in [-0.3, -0.25) is 0 Å². The lowest BCUT2D eigenvalue weighted by molar-refractivity contribution is -0.141. The number of ether oxygens (including phenoxy) is 1. The van der Waals surface area contributed by atoms with Crippen molar-refractivity contribution in [1.29, 1.82) is 0 Å². The highest BCUT2D eigenvalue weighted by atomic mass is 19.4. The van der Waals surface area contributed by atoms with E-state index in [9.17, 15) is 13.2 Å². The maximum atomic E-state index is 12.6. The van der Waals surface area contributed by atoms with Gasteiger partial charge in [0.2, 0.25) is 0 Å². The zero-order valence-electron chi connectivity index (χ0n) is 9.84. The first-order chi connectivity index (χ1) is 8.30. The predicted molar refractivity (Wildman–Crippen MR) is 61.1 cm³/mol. The molecular weight excluding hydrogens is 247 g/mol. The van der Waals surface area contributed by atoms with Crippen molar-refractivity contribution >= 4 is 11.5 Å². The Morgan fingerprint density at radius 3 is 2.72 bits per heavy atom. The fourth-order valence-corrected chi connectivity index (χ4v) is 1.78. The Balaban J connectivity index is 2.27. The number of nitrogens with zero attached hydrogens (tertiary/aromatic N) is 1. The van der Waals surface area contributed by atoms with E-state index in [1.54, 1.807) is 0 Å². The normalized spacial score (nSPS) is 24.2. The number of nitrogens with two attached hydrogens (primary N) is 1. The molecule has 1 atom stereocenters. The molecule has 0 bridgehead atoms. The lowest BCUT2D eigenvalue weighted by Gasteiger charge is -2.25. The van der Waals surface area contributed by atoms with Crippen LogP contribution in [0.4, 0.5) is 24.7 Å². The van der Waals surface area contributed by atoms with E-state index in [-0.39, 0.29) is 11.5 Å². The number of alkyl halides is 3. The standard InChI is InChI=1S/C11H14F3N3O/c1-10(4-5-18-6-10)17-9-7(15)2-3-8(16-9)11(12,13)14/h2-3H,4-6,15H2,1H3,(H,16,17). The molecule has 0 aliphatic carbocycles. The fraction of sp³-hybridized carbons (Fsp3) is 0.545. The Bertz CT molecular complexity index is 442. The van der Waals surface area contributed by atoms with E-state index in [1.807, 2.05) is 6.92 Å². The number of pyridine rings is 1. The minimum atomic E-state index is -4.47. The fourth-order valence-electron chi connectivity index (χ4n) is 1.78. The first-order valence-corrected chi connectivity index (χ1v) is 5.50. The summed E-state index contributed by atoms with van der Waals surface area (Å²) in [5.41, 5.74) is 4.45. The third-order valence-corrected chi connectivity index (χ3v) is 2.86. The highest BCUT2D eigenvalue weighted by Gasteiger charge is 2.35. The van der Waals surface area contributed by atoms with Gasteiger partial charge in [0.1, 0.15) is 11.5 Å². The van der Waals surface area contributed by atoms with Gasteiger partial charge in [-0.2, -0.15) is 13.2 Å². The molecule has 1 fully saturated rings. The van der Waals surface area contributed by atoms with E-state index in [2.05, 4.69) is 10.3 Å². The second-order valence-corrected chi connectivity index (χ2v) is 4.62. The molecule has 0 spiro atoms. The molecule has 1 aromatic heterocycles. The number of nitrogen functional groups attached to an aromatic ring is 1. The third-order valence-electron chi connectivity index (χ3n) is 2.86. The Morgan fingerprint density at radius 2 is 2.17 bits per heavy atom. The summed E-state index contributed by atoms with van der Waals surface area (Å²) < 4.78 is 42.9. The quantitative estimate of drug-likeness (QED) is 0.857. The number of nitrogens with one attached hydrogen (secondary N) is 1. The van der Waals surface area contributed by atoms with Crippen molar-refractivity contribution in [2.75, 3.05) is 24.3 Å². The highest BCUT2D eigenvalue weighted by molar-refractivity contribution is 5.62. The maximum Gasteiger partial charge on any atom is 0.433 e. The van der Waals surface area contributed by atoms with Gasteiger partial charge in [0, 0.05) is 6.61 Å². The highest BCUT2D eigenvalue weighted by Crippen LogP contribution is 2.32. The monoisotopic (exact) mass is 261 g/mol. The molecule has 0 aromatic carbocycles. The van der Waals surface area contributed by atoms with Crippen LogP contribution >= 0.6 is 0 Å². The molecule has 2 heterocycles. The van der Waals surface area contributed by atoms with E-state index in [0.717, 1.165) is 6.07 Å². The number of hydrogen-bond acceptors (Lipinski definition) is 4. The van der Waals surface area contributed by atoms with Gasteiger partial charge in [0.15, 0.2) is 0 Å². The predicted octanol–water partition coefficient (Wildman–Crippen LogP) is 2.27. The van der Waals surface area contributed by atoms with Gasteiger partial charge in [-0.15, -0.1) is 0 Å². The Morgan fingerprint density at radius 1 is 1.44 bits per heavy atom. The molecule has 4 nitrogen and oxygen atoms in total. The Labute approximate surface area is 102 Å². The van der Waals surface area contributed by atoms with Crippen LogP contribution in [0.5, 0.6) is 0 Å². The van der Waals surface area contributed by atoms with Gasteiger partial charge in [-0.05, 0) is 25.5 Å². The van der Waals surface area contributed by atoms with Crippen molar-refractivity contribution in [2.45, 2.75) is 25.1 Å². The summed E-state index contributed by atoms with van der Waals surface area (Å²) in [7, 11) is 0. The summed E-state index contributed by atoms with van der Waals surface area (Å²) in [4.78, 5) is 3.54. The first-order valence-electron chi connectivity index (χ1n) is 5.50. The average Bonchev–Trinajstić information content (AvgIpc) is 2.67. The molecule has 1 aliphatic heterocycles. The molecule has 1 aromatic rings. The van der Waals surface area contributed by atoms with Crippen LogP contribution in [0.25, 0.3) is 0 Å². The second-order valence-electron chi connectivity index (χ2n) is 4.62. The van der Waals surface area contributed by atoms with Crippen molar-refractivity contribution < 1.29 is 17.9 Å². The summed E-state index contributed by atoms with van der Waals surface area (Å²) in [6, 6.07) is 2.07. The minimum absolute atomic E-state index is 0.0535. The molecule has 100 valence electrons. The topological polar surface area (TPSA) is 60.2 Å². The van der Waals surface area contributed by atoms with Gasteiger partial charge in [-0.1, -0.05) is 0 Å². The summed E-state index contributed by atoms with van der Waals surface area (Å²) in [6.07, 6.45) is -3.78. The van der Waals surface area contributed by atoms with Gasteiger partial charge in [-0.25, -0.2) is 4.98 Å². The van der Waals surface area contributed by atoms with Crippen LogP contribution in [0, 0.1) is 0 Å². The van der Waals surface area contributed by atoms with Crippen LogP contribution in [-0.2, 0) is 10.9 Å². The van der Waals surface area contributed by atoms with E-state index in [1.165, 1.54) is 6.07 Å². The lowest BCUT2D eigenvalue weighted by atomic mass is 10.0. The van der Waals surface area contributed by atoms with Crippen LogP contribution in [-0.4, -0.2) is 23.7 Å². The number of rotatable bonds is 2. The Hall–Kier alpha value is -1.50. The van der Waals surface area contributed by atoms with Gasteiger partial charge < -0.3 is 15.8 Å². The summed E-state index contributed by atoms with van der Waals surface area (Å²) in [5.74, 6) is 0.0535. The third kappa shape index (κ3) is 2.66. The van der Waals surface area contributed by atoms with Gasteiger partial charge in [0.25, 0.3) is 0 Å². The van der Waals surface area contributed by atoms with Crippen LogP contribution in [0.3, 0.4) is 0 Å². The largest absolute Gasteiger partial charge is 0.433 e. The van der Waals surface area contributed by atoms with E-state index in [0.29, 0.717) is 19.6 Å². The SMILES string of the molecule is CC1(Nc2nc(C(F)(F)F)ccc2N)CCOC1. The first kappa shape index (κ1) is 12.9. The Kier molecular flexibility index (Phi) is 3.10. The number of halogens is 3. The van der Waals surface area contributed by atoms with E-state index >= 15 is 0 Å². The summed E-state index contributed by atoms with van der Waals surface area (Å²) in [5, 5.41) is 2.94. The van der Waals surface area contributed by atoms with Gasteiger partial charge >= 0.3 is 6.18 Å². The van der Waals surface area contributed by atoms with E-state index < -0.39 is 17.4 Å². The number of aromatic nitrogens is 1. The molecule has 1 unspecified atom stereocenters. The van der Waals surface area contributed by atoms with Gasteiger partial charge in [0.05, 0.1) is 17.8 Å². The van der Waals surface area contributed by atoms with Crippen LogP contribution < -0.4 is 11.1 Å². The molecule has 1 aliphatic rings. The average molecular weight is 261 g/mol. The zero-order valence-corrected chi connectivity index (χ0v) is 9.84. The van der Waals surface area contributed by atoms with Crippen LogP contribution in [0.15, 0.2) is 12.1 Å². The molecule has 3 N–H and O–H groups in total. The van der Waals surface area contributed by atoms with Crippen LogP contribution in [0.1, 0.15) is 19.0 Å². The molecule has 0 saturated carbocycles. The van der Waals surface area contributed by atoms with Crippen molar-refractivity contribution in [3.8, 4) is 0 Å². The van der Waals surface area contributed by atoms with Crippen molar-refractivity contribution in [2.24, 2.45) is 0 Å². The summed E-state index contributed by atoms with van der Waals surface area (Å²) in [6.45, 7) is 2.86. The molecule has 0 amide bonds. The smallest absolute Gasteiger partial charge is 0.396 e.